The summed E-state index contributed by atoms with van der Waals surface area (Å²) in [6.45, 7) is 2.77. The minimum absolute atomic E-state index is 0.135. The molecule has 1 fully saturated rings. The third-order valence-corrected chi connectivity index (χ3v) is 8.54. The Morgan fingerprint density at radius 2 is 1.61 bits per heavy atom. The molecule has 3 atom stereocenters. The molecule has 2 aliphatic carbocycles. The van der Waals surface area contributed by atoms with Gasteiger partial charge in [-0.15, -0.1) is 0 Å². The Balaban J connectivity index is 1.58. The minimum Gasteiger partial charge on any atom is -0.497 e. The van der Waals surface area contributed by atoms with Gasteiger partial charge in [0.1, 0.15) is 5.75 Å². The van der Waals surface area contributed by atoms with Crippen LogP contribution in [0.4, 0.5) is 0 Å². The topological polar surface area (TPSA) is 29.5 Å². The van der Waals surface area contributed by atoms with Crippen molar-refractivity contribution >= 4 is 11.6 Å². The second-order valence-corrected chi connectivity index (χ2v) is 10.5. The van der Waals surface area contributed by atoms with Gasteiger partial charge < -0.3 is 9.64 Å². The van der Waals surface area contributed by atoms with Gasteiger partial charge in [0.15, 0.2) is 0 Å². The number of hydrogen-bond donors (Lipinski definition) is 0. The molecule has 3 aliphatic rings. The molecular weight excluding hydrogens is 442 g/mol. The first-order chi connectivity index (χ1) is 17.6. The zero-order chi connectivity index (χ0) is 24.7. The number of carbonyl (C=O) groups excluding carboxylic acids is 1. The van der Waals surface area contributed by atoms with Crippen LogP contribution in [0.15, 0.2) is 102 Å². The Labute approximate surface area is 214 Å². The monoisotopic (exact) mass is 475 g/mol. The van der Waals surface area contributed by atoms with Crippen molar-refractivity contribution in [3.05, 3.63) is 119 Å². The third-order valence-electron chi connectivity index (χ3n) is 8.54. The molecule has 1 saturated carbocycles. The number of nitrogens with zero attached hydrogens (tertiary/aromatic N) is 1. The summed E-state index contributed by atoms with van der Waals surface area (Å²) in [4.78, 5) is 16.7. The van der Waals surface area contributed by atoms with Crippen molar-refractivity contribution in [1.82, 2.24) is 4.90 Å². The summed E-state index contributed by atoms with van der Waals surface area (Å²) in [6.07, 6.45) is 7.14. The van der Waals surface area contributed by atoms with E-state index in [2.05, 4.69) is 72.5 Å². The van der Waals surface area contributed by atoms with Crippen molar-refractivity contribution < 1.29 is 9.53 Å². The number of ether oxygens (including phenoxy) is 1. The van der Waals surface area contributed by atoms with Crippen molar-refractivity contribution in [2.75, 3.05) is 7.11 Å². The predicted octanol–water partition coefficient (Wildman–Crippen LogP) is 7.37. The first-order valence-electron chi connectivity index (χ1n) is 13.1. The van der Waals surface area contributed by atoms with E-state index >= 15 is 0 Å². The summed E-state index contributed by atoms with van der Waals surface area (Å²) in [5.74, 6) is 1.58. The molecule has 6 rings (SSSR count). The second-order valence-electron chi connectivity index (χ2n) is 10.5. The van der Waals surface area contributed by atoms with Gasteiger partial charge in [-0.2, -0.15) is 0 Å². The molecule has 36 heavy (non-hydrogen) atoms. The second kappa shape index (κ2) is 9.13. The van der Waals surface area contributed by atoms with E-state index < -0.39 is 5.41 Å². The van der Waals surface area contributed by atoms with Crippen LogP contribution in [0.1, 0.15) is 55.2 Å². The Morgan fingerprint density at radius 3 is 2.31 bits per heavy atom. The van der Waals surface area contributed by atoms with Crippen molar-refractivity contribution in [1.29, 1.82) is 0 Å². The summed E-state index contributed by atoms with van der Waals surface area (Å²) >= 11 is 0. The van der Waals surface area contributed by atoms with E-state index in [1.54, 1.807) is 7.11 Å². The maximum absolute atomic E-state index is 14.7. The number of benzene rings is 3. The molecule has 1 aliphatic heterocycles. The fourth-order valence-corrected chi connectivity index (χ4v) is 6.82. The molecule has 0 bridgehead atoms. The average molecular weight is 476 g/mol. The van der Waals surface area contributed by atoms with E-state index in [4.69, 9.17) is 4.74 Å². The van der Waals surface area contributed by atoms with Gasteiger partial charge in [-0.05, 0) is 78.6 Å². The maximum Gasteiger partial charge on any atom is 0.238 e. The number of allylic oxidation sites excluding steroid dienone is 2. The quantitative estimate of drug-likeness (QED) is 0.386. The SMILES string of the molecule is COc1ccc(C2=C3C=C4CCCC[C@@H]4[C@H](c4ccccc4)[C@@]3(C)C(=O)N2Cc2ccccc2)cc1. The zero-order valence-electron chi connectivity index (χ0n) is 21.1. The van der Waals surface area contributed by atoms with Crippen LogP contribution < -0.4 is 4.74 Å². The van der Waals surface area contributed by atoms with Gasteiger partial charge >= 0.3 is 0 Å². The lowest BCUT2D eigenvalue weighted by Crippen LogP contribution is -2.44. The highest BCUT2D eigenvalue weighted by atomic mass is 16.5. The van der Waals surface area contributed by atoms with Gasteiger partial charge in [-0.25, -0.2) is 0 Å². The van der Waals surface area contributed by atoms with Gasteiger partial charge in [0.05, 0.1) is 24.8 Å². The van der Waals surface area contributed by atoms with E-state index in [0.717, 1.165) is 35.4 Å². The highest BCUT2D eigenvalue weighted by molar-refractivity contribution is 6.03. The number of rotatable bonds is 5. The number of amides is 1. The van der Waals surface area contributed by atoms with Crippen LogP contribution in [-0.4, -0.2) is 17.9 Å². The molecule has 0 radical (unpaired) electrons. The van der Waals surface area contributed by atoms with Gasteiger partial charge in [-0.3, -0.25) is 4.79 Å². The summed E-state index contributed by atoms with van der Waals surface area (Å²) in [6, 6.07) is 29.3. The first-order valence-corrected chi connectivity index (χ1v) is 13.1. The van der Waals surface area contributed by atoms with Crippen LogP contribution >= 0.6 is 0 Å². The minimum atomic E-state index is -0.614. The largest absolute Gasteiger partial charge is 0.497 e. The maximum atomic E-state index is 14.7. The molecule has 1 heterocycles. The van der Waals surface area contributed by atoms with Crippen LogP contribution in [0.2, 0.25) is 0 Å². The van der Waals surface area contributed by atoms with E-state index in [1.165, 1.54) is 29.6 Å². The number of hydrogen-bond acceptors (Lipinski definition) is 2. The van der Waals surface area contributed by atoms with Crippen molar-refractivity contribution in [3.63, 3.8) is 0 Å². The van der Waals surface area contributed by atoms with E-state index in [1.807, 2.05) is 30.3 Å². The smallest absolute Gasteiger partial charge is 0.238 e. The fraction of sp³-hybridized carbons (Fsp3) is 0.303. The Kier molecular flexibility index (Phi) is 5.79. The van der Waals surface area contributed by atoms with Crippen LogP contribution in [0.5, 0.6) is 5.75 Å². The standard InChI is InChI=1S/C33H33NO2/c1-33-29(21-26-15-9-10-16-28(26)30(33)24-13-7-4-8-14-24)31(25-17-19-27(36-2)20-18-25)34(32(33)35)22-23-11-5-3-6-12-23/h3-8,11-14,17-21,28,30H,9-10,15-16,22H2,1-2H3/t28-,30-,33-/m0/s1. The van der Waals surface area contributed by atoms with Crippen LogP contribution in [-0.2, 0) is 11.3 Å². The van der Waals surface area contributed by atoms with E-state index in [0.29, 0.717) is 12.5 Å². The summed E-state index contributed by atoms with van der Waals surface area (Å²) in [5.41, 5.74) is 6.61. The molecule has 182 valence electrons. The van der Waals surface area contributed by atoms with Crippen LogP contribution in [0.25, 0.3) is 5.70 Å². The summed E-state index contributed by atoms with van der Waals surface area (Å²) in [5, 5.41) is 0. The first kappa shape index (κ1) is 22.8. The van der Waals surface area contributed by atoms with Crippen molar-refractivity contribution in [2.45, 2.75) is 45.1 Å². The normalized spacial score (nSPS) is 25.3. The molecule has 0 saturated heterocycles. The summed E-state index contributed by atoms with van der Waals surface area (Å²) in [7, 11) is 1.69. The Bertz CT molecular complexity index is 1320. The van der Waals surface area contributed by atoms with Crippen LogP contribution in [0, 0.1) is 11.3 Å². The molecule has 0 spiro atoms. The molecule has 0 aromatic heterocycles. The molecule has 3 aromatic carbocycles. The fourth-order valence-electron chi connectivity index (χ4n) is 6.82. The van der Waals surface area contributed by atoms with E-state index in [-0.39, 0.29) is 11.8 Å². The van der Waals surface area contributed by atoms with Crippen LogP contribution in [0.3, 0.4) is 0 Å². The number of carbonyl (C=O) groups is 1. The highest BCUT2D eigenvalue weighted by Gasteiger charge is 2.58. The predicted molar refractivity (Wildman–Crippen MR) is 144 cm³/mol. The van der Waals surface area contributed by atoms with Gasteiger partial charge in [0, 0.05) is 5.92 Å². The lowest BCUT2D eigenvalue weighted by atomic mass is 9.56. The highest BCUT2D eigenvalue weighted by Crippen LogP contribution is 2.61. The molecule has 3 aromatic rings. The molecule has 0 unspecified atom stereocenters. The van der Waals surface area contributed by atoms with Gasteiger partial charge in [0.2, 0.25) is 5.91 Å². The molecule has 1 amide bonds. The third kappa shape index (κ3) is 3.61. The number of methoxy groups -OCH3 is 1. The number of fused-ring (bicyclic) bond motifs is 2. The molecule has 3 heteroatoms. The van der Waals surface area contributed by atoms with Crippen molar-refractivity contribution in [2.24, 2.45) is 11.3 Å². The molecule has 0 N–H and O–H groups in total. The lowest BCUT2D eigenvalue weighted by molar-refractivity contribution is -0.136. The molecule has 3 nitrogen and oxygen atoms in total. The zero-order valence-corrected chi connectivity index (χ0v) is 21.1. The van der Waals surface area contributed by atoms with E-state index in [9.17, 15) is 4.79 Å². The molecular formula is C33H33NO2. The Hall–Kier alpha value is -3.59. The summed E-state index contributed by atoms with van der Waals surface area (Å²) < 4.78 is 5.44. The lowest BCUT2D eigenvalue weighted by Gasteiger charge is -2.46. The average Bonchev–Trinajstić information content (AvgIpc) is 3.14. The van der Waals surface area contributed by atoms with Crippen molar-refractivity contribution in [3.8, 4) is 5.75 Å². The van der Waals surface area contributed by atoms with Gasteiger partial charge in [0.25, 0.3) is 0 Å². The van der Waals surface area contributed by atoms with Gasteiger partial charge in [-0.1, -0.05) is 78.7 Å². The Morgan fingerprint density at radius 1 is 0.917 bits per heavy atom.